The van der Waals surface area contributed by atoms with Gasteiger partial charge in [0, 0.05) is 23.5 Å². The average molecular weight is 519 g/mol. The van der Waals surface area contributed by atoms with E-state index < -0.39 is 10.0 Å². The number of anilines is 1. The standard InChI is InChI=1S/C25H32BrN3O2S/c1-25(2,3)24-27-22-16-20(28(4)32(30,31)21-13-10-19(26)11-14-21)12-15-23(22)29(24)17-18-8-6-5-7-9-18/h10-16,18H,5-9,17H2,1-4H3. The lowest BCUT2D eigenvalue weighted by Crippen LogP contribution is -2.26. The Bertz CT molecular complexity index is 1200. The second-order valence-electron chi connectivity index (χ2n) is 9.90. The molecule has 1 saturated carbocycles. The SMILES string of the molecule is CN(c1ccc2c(c1)nc(C(C)(C)C)n2CC1CCCCC1)S(=O)(=O)c1ccc(Br)cc1. The molecule has 0 atom stereocenters. The molecule has 0 saturated heterocycles. The van der Waals surface area contributed by atoms with Crippen molar-refractivity contribution in [1.29, 1.82) is 0 Å². The zero-order valence-corrected chi connectivity index (χ0v) is 21.7. The Morgan fingerprint density at radius 2 is 1.72 bits per heavy atom. The van der Waals surface area contributed by atoms with Crippen molar-refractivity contribution in [3.05, 3.63) is 52.8 Å². The maximum atomic E-state index is 13.2. The van der Waals surface area contributed by atoms with E-state index in [0.717, 1.165) is 27.9 Å². The number of fused-ring (bicyclic) bond motifs is 1. The second-order valence-corrected chi connectivity index (χ2v) is 12.8. The van der Waals surface area contributed by atoms with E-state index in [-0.39, 0.29) is 10.3 Å². The first-order chi connectivity index (χ1) is 15.1. The van der Waals surface area contributed by atoms with Crippen molar-refractivity contribution in [2.24, 2.45) is 5.92 Å². The quantitative estimate of drug-likeness (QED) is 0.387. The van der Waals surface area contributed by atoms with Crippen LogP contribution in [0.15, 0.2) is 51.8 Å². The fraction of sp³-hybridized carbons (Fsp3) is 0.480. The molecule has 32 heavy (non-hydrogen) atoms. The van der Waals surface area contributed by atoms with E-state index in [1.54, 1.807) is 31.3 Å². The summed E-state index contributed by atoms with van der Waals surface area (Å²) < 4.78 is 30.9. The van der Waals surface area contributed by atoms with Crippen molar-refractivity contribution >= 4 is 42.7 Å². The number of sulfonamides is 1. The molecule has 0 radical (unpaired) electrons. The summed E-state index contributed by atoms with van der Waals surface area (Å²) in [5.41, 5.74) is 2.45. The van der Waals surface area contributed by atoms with Gasteiger partial charge < -0.3 is 4.57 Å². The number of hydrogen-bond acceptors (Lipinski definition) is 3. The predicted octanol–water partition coefficient (Wildman–Crippen LogP) is 6.50. The van der Waals surface area contributed by atoms with Gasteiger partial charge in [0.2, 0.25) is 0 Å². The van der Waals surface area contributed by atoms with E-state index in [2.05, 4.69) is 41.3 Å². The zero-order chi connectivity index (χ0) is 23.1. The summed E-state index contributed by atoms with van der Waals surface area (Å²) in [6, 6.07) is 12.5. The van der Waals surface area contributed by atoms with Crippen LogP contribution < -0.4 is 4.31 Å². The topological polar surface area (TPSA) is 55.2 Å². The monoisotopic (exact) mass is 517 g/mol. The van der Waals surface area contributed by atoms with Gasteiger partial charge in [-0.1, -0.05) is 56.0 Å². The smallest absolute Gasteiger partial charge is 0.264 e. The lowest BCUT2D eigenvalue weighted by Gasteiger charge is -2.26. The summed E-state index contributed by atoms with van der Waals surface area (Å²) in [6.45, 7) is 7.55. The summed E-state index contributed by atoms with van der Waals surface area (Å²) in [7, 11) is -2.05. The number of halogens is 1. The Morgan fingerprint density at radius 3 is 2.34 bits per heavy atom. The third kappa shape index (κ3) is 4.60. The van der Waals surface area contributed by atoms with Gasteiger partial charge in [0.05, 0.1) is 21.6 Å². The second kappa shape index (κ2) is 8.82. The van der Waals surface area contributed by atoms with Crippen LogP contribution in [0.25, 0.3) is 11.0 Å². The largest absolute Gasteiger partial charge is 0.327 e. The Labute approximate surface area is 200 Å². The van der Waals surface area contributed by atoms with Gasteiger partial charge in [0.1, 0.15) is 5.82 Å². The minimum Gasteiger partial charge on any atom is -0.327 e. The molecule has 1 aromatic heterocycles. The highest BCUT2D eigenvalue weighted by atomic mass is 79.9. The average Bonchev–Trinajstić information content (AvgIpc) is 3.12. The third-order valence-corrected chi connectivity index (χ3v) is 8.73. The summed E-state index contributed by atoms with van der Waals surface area (Å²) in [5.74, 6) is 1.75. The van der Waals surface area contributed by atoms with Crippen molar-refractivity contribution in [3.63, 3.8) is 0 Å². The van der Waals surface area contributed by atoms with Crippen molar-refractivity contribution in [3.8, 4) is 0 Å². The molecule has 5 nitrogen and oxygen atoms in total. The molecule has 0 amide bonds. The molecule has 0 unspecified atom stereocenters. The highest BCUT2D eigenvalue weighted by molar-refractivity contribution is 9.10. The molecule has 7 heteroatoms. The van der Waals surface area contributed by atoms with Crippen molar-refractivity contribution < 1.29 is 8.42 Å². The first-order valence-electron chi connectivity index (χ1n) is 11.3. The van der Waals surface area contributed by atoms with E-state index in [1.807, 2.05) is 18.2 Å². The molecule has 3 aromatic rings. The number of hydrogen-bond donors (Lipinski definition) is 0. The van der Waals surface area contributed by atoms with Crippen LogP contribution in [0, 0.1) is 5.92 Å². The number of imidazole rings is 1. The Morgan fingerprint density at radius 1 is 1.06 bits per heavy atom. The van der Waals surface area contributed by atoms with Gasteiger partial charge in [-0.15, -0.1) is 0 Å². The van der Waals surface area contributed by atoms with Crippen molar-refractivity contribution in [1.82, 2.24) is 9.55 Å². The van der Waals surface area contributed by atoms with Crippen molar-refractivity contribution in [2.45, 2.75) is 69.7 Å². The highest BCUT2D eigenvalue weighted by Gasteiger charge is 2.27. The number of rotatable bonds is 5. The number of aromatic nitrogens is 2. The Kier molecular flexibility index (Phi) is 6.43. The zero-order valence-electron chi connectivity index (χ0n) is 19.3. The van der Waals surface area contributed by atoms with Crippen LogP contribution >= 0.6 is 15.9 Å². The summed E-state index contributed by atoms with van der Waals surface area (Å²) >= 11 is 3.36. The van der Waals surface area contributed by atoms with Crippen LogP contribution in [0.1, 0.15) is 58.7 Å². The highest BCUT2D eigenvalue weighted by Crippen LogP contribution is 2.33. The maximum absolute atomic E-state index is 13.2. The van der Waals surface area contributed by atoms with Crippen LogP contribution in [-0.2, 0) is 22.0 Å². The van der Waals surface area contributed by atoms with Crippen LogP contribution in [0.2, 0.25) is 0 Å². The maximum Gasteiger partial charge on any atom is 0.264 e. The van der Waals surface area contributed by atoms with Crippen molar-refractivity contribution in [2.75, 3.05) is 11.4 Å². The Hall–Kier alpha value is -1.86. The van der Waals surface area contributed by atoms with Gasteiger partial charge in [0.25, 0.3) is 10.0 Å². The summed E-state index contributed by atoms with van der Waals surface area (Å²) in [6.07, 6.45) is 6.51. The van der Waals surface area contributed by atoms with Gasteiger partial charge in [-0.25, -0.2) is 13.4 Å². The fourth-order valence-corrected chi connectivity index (χ4v) is 6.05. The van der Waals surface area contributed by atoms with Crippen LogP contribution in [0.3, 0.4) is 0 Å². The molecule has 0 spiro atoms. The molecule has 0 aliphatic heterocycles. The molecule has 2 aromatic carbocycles. The van der Waals surface area contributed by atoms with Crippen LogP contribution in [0.5, 0.6) is 0 Å². The summed E-state index contributed by atoms with van der Waals surface area (Å²) in [5, 5.41) is 0. The molecule has 1 fully saturated rings. The molecule has 1 aliphatic rings. The molecule has 4 rings (SSSR count). The first-order valence-corrected chi connectivity index (χ1v) is 13.6. The minimum atomic E-state index is -3.65. The first kappa shape index (κ1) is 23.3. The minimum absolute atomic E-state index is 0.0940. The lowest BCUT2D eigenvalue weighted by molar-refractivity contribution is 0.313. The van der Waals surface area contributed by atoms with Crippen LogP contribution in [-0.4, -0.2) is 25.0 Å². The van der Waals surface area contributed by atoms with Crippen LogP contribution in [0.4, 0.5) is 5.69 Å². The molecule has 0 N–H and O–H groups in total. The number of benzene rings is 2. The molecular weight excluding hydrogens is 486 g/mol. The normalized spacial score (nSPS) is 15.9. The van der Waals surface area contributed by atoms with E-state index in [1.165, 1.54) is 36.4 Å². The molecular formula is C25H32BrN3O2S. The predicted molar refractivity (Wildman–Crippen MR) is 135 cm³/mol. The van der Waals surface area contributed by atoms with E-state index in [0.29, 0.717) is 11.6 Å². The van der Waals surface area contributed by atoms with Gasteiger partial charge in [-0.05, 0) is 61.2 Å². The van der Waals surface area contributed by atoms with E-state index in [9.17, 15) is 8.42 Å². The molecule has 0 bridgehead atoms. The number of nitrogens with zero attached hydrogens (tertiary/aromatic N) is 3. The molecule has 1 heterocycles. The van der Waals surface area contributed by atoms with Gasteiger partial charge >= 0.3 is 0 Å². The molecule has 1 aliphatic carbocycles. The van der Waals surface area contributed by atoms with Gasteiger partial charge in [0.15, 0.2) is 0 Å². The Balaban J connectivity index is 1.73. The lowest BCUT2D eigenvalue weighted by atomic mass is 9.88. The van der Waals surface area contributed by atoms with E-state index in [4.69, 9.17) is 4.98 Å². The summed E-state index contributed by atoms with van der Waals surface area (Å²) in [4.78, 5) is 5.26. The fourth-order valence-electron chi connectivity index (χ4n) is 4.60. The van der Waals surface area contributed by atoms with Gasteiger partial charge in [-0.2, -0.15) is 0 Å². The van der Waals surface area contributed by atoms with Gasteiger partial charge in [-0.3, -0.25) is 4.31 Å². The molecule has 172 valence electrons. The van der Waals surface area contributed by atoms with E-state index >= 15 is 0 Å². The third-order valence-electron chi connectivity index (χ3n) is 6.40.